The van der Waals surface area contributed by atoms with Crippen LogP contribution in [0.15, 0.2) is 30.3 Å². The maximum Gasteiger partial charge on any atom is 0.00842 e. The molecule has 0 amide bonds. The predicted molar refractivity (Wildman–Crippen MR) is 77.6 cm³/mol. The average molecular weight is 246 g/mol. The molecule has 1 fully saturated rings. The molecule has 3 atom stereocenters. The number of aryl methyl sites for hydroxylation is 1. The fourth-order valence-electron chi connectivity index (χ4n) is 2.89. The minimum Gasteiger partial charge on any atom is -0.328 e. The van der Waals surface area contributed by atoms with Crippen LogP contribution in [0.5, 0.6) is 0 Å². The van der Waals surface area contributed by atoms with Crippen LogP contribution >= 0.6 is 0 Å². The van der Waals surface area contributed by atoms with Gasteiger partial charge in [0.05, 0.1) is 0 Å². The molecule has 0 radical (unpaired) electrons. The molecule has 1 aromatic carbocycles. The fourth-order valence-corrected chi connectivity index (χ4v) is 2.89. The number of benzene rings is 1. The summed E-state index contributed by atoms with van der Waals surface area (Å²) in [6, 6.07) is 12.4. The van der Waals surface area contributed by atoms with E-state index in [1.54, 1.807) is 0 Å². The molecule has 2 nitrogen and oxygen atoms in total. The second-order valence-corrected chi connectivity index (χ2v) is 5.72. The third kappa shape index (κ3) is 4.43. The fraction of sp³-hybridized carbons (Fsp3) is 0.625. The van der Waals surface area contributed by atoms with E-state index in [1.165, 1.54) is 31.2 Å². The zero-order valence-electron chi connectivity index (χ0n) is 11.4. The van der Waals surface area contributed by atoms with Gasteiger partial charge >= 0.3 is 0 Å². The zero-order chi connectivity index (χ0) is 12.8. The minimum atomic E-state index is 0.414. The van der Waals surface area contributed by atoms with Gasteiger partial charge in [-0.15, -0.1) is 0 Å². The monoisotopic (exact) mass is 246 g/mol. The Labute approximate surface area is 111 Å². The molecule has 0 heterocycles. The van der Waals surface area contributed by atoms with Gasteiger partial charge in [-0.1, -0.05) is 36.8 Å². The van der Waals surface area contributed by atoms with E-state index in [2.05, 4.69) is 42.6 Å². The number of nitrogens with two attached hydrogens (primary N) is 1. The van der Waals surface area contributed by atoms with Crippen LogP contribution in [0, 0.1) is 0 Å². The van der Waals surface area contributed by atoms with E-state index in [9.17, 15) is 0 Å². The molecule has 100 valence electrons. The summed E-state index contributed by atoms with van der Waals surface area (Å²) in [7, 11) is 0. The maximum absolute atomic E-state index is 6.03. The van der Waals surface area contributed by atoms with Crippen molar-refractivity contribution in [1.82, 2.24) is 5.32 Å². The highest BCUT2D eigenvalue weighted by atomic mass is 14.9. The number of hydrogen-bond donors (Lipinski definition) is 2. The summed E-state index contributed by atoms with van der Waals surface area (Å²) in [6.07, 6.45) is 7.30. The van der Waals surface area contributed by atoms with E-state index >= 15 is 0 Å². The lowest BCUT2D eigenvalue weighted by Crippen LogP contribution is -2.43. The standard InChI is InChI=1S/C16H26N2/c1-13(10-11-14-6-3-2-4-7-14)18-16-9-5-8-15(17)12-16/h2-4,6-7,13,15-16,18H,5,8-12,17H2,1H3. The van der Waals surface area contributed by atoms with Crippen molar-refractivity contribution >= 4 is 0 Å². The van der Waals surface area contributed by atoms with E-state index < -0.39 is 0 Å². The molecular formula is C16H26N2. The van der Waals surface area contributed by atoms with Crippen LogP contribution in [0.3, 0.4) is 0 Å². The van der Waals surface area contributed by atoms with Gasteiger partial charge in [0.15, 0.2) is 0 Å². The van der Waals surface area contributed by atoms with Crippen molar-refractivity contribution in [3.63, 3.8) is 0 Å². The molecule has 1 aromatic rings. The highest BCUT2D eigenvalue weighted by Gasteiger charge is 2.20. The van der Waals surface area contributed by atoms with Gasteiger partial charge in [0, 0.05) is 18.1 Å². The first-order chi connectivity index (χ1) is 8.74. The Bertz CT molecular complexity index is 336. The van der Waals surface area contributed by atoms with Crippen LogP contribution in [0.1, 0.15) is 44.6 Å². The van der Waals surface area contributed by atoms with Crippen molar-refractivity contribution < 1.29 is 0 Å². The van der Waals surface area contributed by atoms with Crippen molar-refractivity contribution in [1.29, 1.82) is 0 Å². The van der Waals surface area contributed by atoms with E-state index in [0.717, 1.165) is 12.8 Å². The van der Waals surface area contributed by atoms with Crippen molar-refractivity contribution in [2.75, 3.05) is 0 Å². The summed E-state index contributed by atoms with van der Waals surface area (Å²) < 4.78 is 0. The topological polar surface area (TPSA) is 38.0 Å². The average Bonchev–Trinajstić information content (AvgIpc) is 2.38. The Morgan fingerprint density at radius 2 is 2.06 bits per heavy atom. The zero-order valence-corrected chi connectivity index (χ0v) is 11.4. The molecule has 2 heteroatoms. The summed E-state index contributed by atoms with van der Waals surface area (Å²) in [6.45, 7) is 2.29. The first-order valence-corrected chi connectivity index (χ1v) is 7.29. The lowest BCUT2D eigenvalue weighted by molar-refractivity contribution is 0.311. The SMILES string of the molecule is CC(CCc1ccccc1)NC1CCCC(N)C1. The van der Waals surface area contributed by atoms with Gasteiger partial charge in [-0.25, -0.2) is 0 Å². The number of nitrogens with one attached hydrogen (secondary N) is 1. The maximum atomic E-state index is 6.03. The lowest BCUT2D eigenvalue weighted by Gasteiger charge is -2.30. The van der Waals surface area contributed by atoms with Gasteiger partial charge in [0.25, 0.3) is 0 Å². The van der Waals surface area contributed by atoms with E-state index in [-0.39, 0.29) is 0 Å². The molecular weight excluding hydrogens is 220 g/mol. The quantitative estimate of drug-likeness (QED) is 0.838. The lowest BCUT2D eigenvalue weighted by atomic mass is 9.91. The molecule has 0 aliphatic heterocycles. The second kappa shape index (κ2) is 6.91. The van der Waals surface area contributed by atoms with Crippen LogP contribution in [-0.2, 0) is 6.42 Å². The first-order valence-electron chi connectivity index (χ1n) is 7.29. The van der Waals surface area contributed by atoms with Gasteiger partial charge in [0.1, 0.15) is 0 Å². The van der Waals surface area contributed by atoms with E-state index in [1.807, 2.05) is 0 Å². The molecule has 0 bridgehead atoms. The number of rotatable bonds is 5. The first kappa shape index (κ1) is 13.6. The van der Waals surface area contributed by atoms with Gasteiger partial charge < -0.3 is 11.1 Å². The Morgan fingerprint density at radius 1 is 1.28 bits per heavy atom. The Hall–Kier alpha value is -0.860. The predicted octanol–water partition coefficient (Wildman–Crippen LogP) is 2.87. The summed E-state index contributed by atoms with van der Waals surface area (Å²) in [5, 5.41) is 3.74. The van der Waals surface area contributed by atoms with Crippen molar-refractivity contribution in [3.05, 3.63) is 35.9 Å². The molecule has 2 rings (SSSR count). The smallest absolute Gasteiger partial charge is 0.00842 e. The molecule has 3 N–H and O–H groups in total. The summed E-state index contributed by atoms with van der Waals surface area (Å²) >= 11 is 0. The van der Waals surface area contributed by atoms with Crippen LogP contribution in [0.25, 0.3) is 0 Å². The highest BCUT2D eigenvalue weighted by Crippen LogP contribution is 2.18. The molecule has 1 aliphatic carbocycles. The molecule has 3 unspecified atom stereocenters. The Morgan fingerprint density at radius 3 is 2.78 bits per heavy atom. The molecule has 18 heavy (non-hydrogen) atoms. The van der Waals surface area contributed by atoms with Crippen LogP contribution in [-0.4, -0.2) is 18.1 Å². The van der Waals surface area contributed by atoms with E-state index in [0.29, 0.717) is 18.1 Å². The van der Waals surface area contributed by atoms with Gasteiger partial charge in [-0.05, 0) is 44.6 Å². The molecule has 0 aromatic heterocycles. The van der Waals surface area contributed by atoms with E-state index in [4.69, 9.17) is 5.73 Å². The normalized spacial score (nSPS) is 25.9. The Kier molecular flexibility index (Phi) is 5.21. The minimum absolute atomic E-state index is 0.414. The van der Waals surface area contributed by atoms with Crippen LogP contribution in [0.2, 0.25) is 0 Å². The molecule has 1 aliphatic rings. The molecule has 0 saturated heterocycles. The summed E-state index contributed by atoms with van der Waals surface area (Å²) in [5.41, 5.74) is 7.46. The van der Waals surface area contributed by atoms with Gasteiger partial charge in [-0.3, -0.25) is 0 Å². The second-order valence-electron chi connectivity index (χ2n) is 5.72. The molecule has 1 saturated carbocycles. The number of hydrogen-bond acceptors (Lipinski definition) is 2. The third-order valence-electron chi connectivity index (χ3n) is 3.94. The van der Waals surface area contributed by atoms with Crippen molar-refractivity contribution in [3.8, 4) is 0 Å². The third-order valence-corrected chi connectivity index (χ3v) is 3.94. The van der Waals surface area contributed by atoms with Crippen molar-refractivity contribution in [2.24, 2.45) is 5.73 Å². The summed E-state index contributed by atoms with van der Waals surface area (Å²) in [5.74, 6) is 0. The van der Waals surface area contributed by atoms with Crippen LogP contribution < -0.4 is 11.1 Å². The Balaban J connectivity index is 1.70. The summed E-state index contributed by atoms with van der Waals surface area (Å²) in [4.78, 5) is 0. The van der Waals surface area contributed by atoms with Crippen LogP contribution in [0.4, 0.5) is 0 Å². The largest absolute Gasteiger partial charge is 0.328 e. The van der Waals surface area contributed by atoms with Gasteiger partial charge in [-0.2, -0.15) is 0 Å². The molecule has 0 spiro atoms. The highest BCUT2D eigenvalue weighted by molar-refractivity contribution is 5.14. The van der Waals surface area contributed by atoms with Gasteiger partial charge in [0.2, 0.25) is 0 Å². The van der Waals surface area contributed by atoms with Crippen molar-refractivity contribution in [2.45, 2.75) is 63.6 Å².